The average molecular weight is 422 g/mol. The van der Waals surface area contributed by atoms with Gasteiger partial charge in [0.1, 0.15) is 5.82 Å². The molecule has 0 bridgehead atoms. The van der Waals surface area contributed by atoms with Crippen molar-refractivity contribution < 1.29 is 14.3 Å². The highest BCUT2D eigenvalue weighted by Crippen LogP contribution is 2.32. The number of rotatable bonds is 3. The van der Waals surface area contributed by atoms with Crippen molar-refractivity contribution in [1.82, 2.24) is 9.88 Å². The minimum atomic E-state index is -0.451. The van der Waals surface area contributed by atoms with Crippen LogP contribution in [-0.4, -0.2) is 61.0 Å². The maximum Gasteiger partial charge on any atom is 0.253 e. The molecule has 1 aromatic carbocycles. The van der Waals surface area contributed by atoms with Crippen LogP contribution in [0.5, 0.6) is 0 Å². The van der Waals surface area contributed by atoms with Gasteiger partial charge in [-0.25, -0.2) is 4.98 Å². The van der Waals surface area contributed by atoms with Crippen LogP contribution in [0.1, 0.15) is 48.9 Å². The molecule has 0 atom stereocenters. The molecular formula is C25H31N3O3. The third kappa shape index (κ3) is 4.46. The Balaban J connectivity index is 1.22. The van der Waals surface area contributed by atoms with Crippen molar-refractivity contribution in [2.24, 2.45) is 0 Å². The van der Waals surface area contributed by atoms with Crippen LogP contribution in [0.15, 0.2) is 42.6 Å². The minimum absolute atomic E-state index is 0.0778. The van der Waals surface area contributed by atoms with E-state index in [-0.39, 0.29) is 5.91 Å². The van der Waals surface area contributed by atoms with Crippen molar-refractivity contribution in [1.29, 1.82) is 0 Å². The summed E-state index contributed by atoms with van der Waals surface area (Å²) >= 11 is 0. The molecule has 3 aliphatic rings. The number of benzene rings is 1. The lowest BCUT2D eigenvalue weighted by atomic mass is 10.0. The quantitative estimate of drug-likeness (QED) is 0.747. The Labute approximate surface area is 184 Å². The van der Waals surface area contributed by atoms with E-state index in [2.05, 4.69) is 17.0 Å². The molecule has 3 fully saturated rings. The molecule has 1 amide bonds. The van der Waals surface area contributed by atoms with Gasteiger partial charge in [0.25, 0.3) is 5.91 Å². The van der Waals surface area contributed by atoms with E-state index in [0.717, 1.165) is 48.4 Å². The lowest BCUT2D eigenvalue weighted by molar-refractivity contribution is -0.181. The smallest absolute Gasteiger partial charge is 0.253 e. The van der Waals surface area contributed by atoms with Gasteiger partial charge in [-0.2, -0.15) is 0 Å². The molecule has 0 N–H and O–H groups in total. The molecule has 3 aliphatic heterocycles. The fourth-order valence-corrected chi connectivity index (χ4v) is 4.87. The van der Waals surface area contributed by atoms with Gasteiger partial charge in [0.15, 0.2) is 5.79 Å². The number of carbonyl (C=O) groups excluding carboxylic acids is 1. The number of hydrogen-bond acceptors (Lipinski definition) is 5. The number of carbonyl (C=O) groups is 1. The van der Waals surface area contributed by atoms with E-state index < -0.39 is 5.79 Å². The van der Waals surface area contributed by atoms with E-state index in [1.807, 2.05) is 35.4 Å². The molecular weight excluding hydrogens is 390 g/mol. The lowest BCUT2D eigenvalue weighted by Gasteiger charge is -2.37. The van der Waals surface area contributed by atoms with Crippen LogP contribution in [0.3, 0.4) is 0 Å². The SMILES string of the molecule is O=C(c1ccc(-c2ccc(N3CCCCCC3)nc2)cc1)N1CCC2(CC1)OCCO2. The average Bonchev–Trinajstić information content (AvgIpc) is 3.10. The van der Waals surface area contributed by atoms with Crippen molar-refractivity contribution in [3.63, 3.8) is 0 Å². The zero-order valence-corrected chi connectivity index (χ0v) is 18.1. The molecule has 0 saturated carbocycles. The van der Waals surface area contributed by atoms with Gasteiger partial charge in [0, 0.05) is 56.3 Å². The fourth-order valence-electron chi connectivity index (χ4n) is 4.87. The molecule has 0 radical (unpaired) electrons. The number of hydrogen-bond donors (Lipinski definition) is 0. The van der Waals surface area contributed by atoms with Crippen LogP contribution in [0.2, 0.25) is 0 Å². The Bertz CT molecular complexity index is 873. The van der Waals surface area contributed by atoms with Crippen LogP contribution in [-0.2, 0) is 9.47 Å². The predicted molar refractivity (Wildman–Crippen MR) is 120 cm³/mol. The second-order valence-corrected chi connectivity index (χ2v) is 8.78. The zero-order chi connectivity index (χ0) is 21.1. The molecule has 4 heterocycles. The first kappa shape index (κ1) is 20.5. The van der Waals surface area contributed by atoms with Crippen molar-refractivity contribution >= 4 is 11.7 Å². The summed E-state index contributed by atoms with van der Waals surface area (Å²) in [5.41, 5.74) is 2.88. The summed E-state index contributed by atoms with van der Waals surface area (Å²) in [5.74, 6) is 0.692. The van der Waals surface area contributed by atoms with Gasteiger partial charge in [0.2, 0.25) is 0 Å². The van der Waals surface area contributed by atoms with Crippen molar-refractivity contribution in [3.8, 4) is 11.1 Å². The second kappa shape index (κ2) is 8.97. The Morgan fingerprint density at radius 1 is 0.806 bits per heavy atom. The minimum Gasteiger partial charge on any atom is -0.357 e. The molecule has 1 spiro atoms. The van der Waals surface area contributed by atoms with Gasteiger partial charge in [0.05, 0.1) is 13.2 Å². The largest absolute Gasteiger partial charge is 0.357 e. The Hall–Kier alpha value is -2.44. The summed E-state index contributed by atoms with van der Waals surface area (Å²) in [5, 5.41) is 0. The van der Waals surface area contributed by atoms with Crippen LogP contribution in [0.4, 0.5) is 5.82 Å². The zero-order valence-electron chi connectivity index (χ0n) is 18.1. The van der Waals surface area contributed by atoms with Crippen molar-refractivity contribution in [2.75, 3.05) is 44.3 Å². The number of aromatic nitrogens is 1. The number of likely N-dealkylation sites (tertiary alicyclic amines) is 1. The first-order chi connectivity index (χ1) is 15.2. The number of pyridine rings is 1. The summed E-state index contributed by atoms with van der Waals surface area (Å²) in [4.78, 5) is 21.9. The van der Waals surface area contributed by atoms with Gasteiger partial charge >= 0.3 is 0 Å². The van der Waals surface area contributed by atoms with E-state index in [1.54, 1.807) is 0 Å². The van der Waals surface area contributed by atoms with Gasteiger partial charge in [-0.1, -0.05) is 25.0 Å². The van der Waals surface area contributed by atoms with E-state index in [4.69, 9.17) is 14.5 Å². The van der Waals surface area contributed by atoms with E-state index in [1.165, 1.54) is 25.7 Å². The molecule has 3 saturated heterocycles. The predicted octanol–water partition coefficient (Wildman–Crippen LogP) is 4.11. The highest BCUT2D eigenvalue weighted by Gasteiger charge is 2.40. The molecule has 2 aromatic rings. The monoisotopic (exact) mass is 421 g/mol. The molecule has 6 nitrogen and oxygen atoms in total. The first-order valence-corrected chi connectivity index (χ1v) is 11.6. The van der Waals surface area contributed by atoms with Gasteiger partial charge in [-0.15, -0.1) is 0 Å². The van der Waals surface area contributed by atoms with E-state index in [9.17, 15) is 4.79 Å². The summed E-state index contributed by atoms with van der Waals surface area (Å²) in [6.45, 7) is 4.84. The summed E-state index contributed by atoms with van der Waals surface area (Å²) in [6.07, 6.45) is 8.56. The summed E-state index contributed by atoms with van der Waals surface area (Å²) in [6, 6.07) is 12.1. The van der Waals surface area contributed by atoms with Crippen LogP contribution in [0.25, 0.3) is 11.1 Å². The maximum atomic E-state index is 12.9. The Morgan fingerprint density at radius 3 is 2.06 bits per heavy atom. The summed E-state index contributed by atoms with van der Waals surface area (Å²) < 4.78 is 11.5. The molecule has 1 aromatic heterocycles. The number of anilines is 1. The molecule has 5 rings (SSSR count). The molecule has 6 heteroatoms. The number of nitrogens with zero attached hydrogens (tertiary/aromatic N) is 3. The van der Waals surface area contributed by atoms with Gasteiger partial charge in [-0.3, -0.25) is 4.79 Å². The topological polar surface area (TPSA) is 54.9 Å². The van der Waals surface area contributed by atoms with E-state index >= 15 is 0 Å². The maximum absolute atomic E-state index is 12.9. The van der Waals surface area contributed by atoms with Crippen LogP contribution >= 0.6 is 0 Å². The lowest BCUT2D eigenvalue weighted by Crippen LogP contribution is -2.47. The van der Waals surface area contributed by atoms with E-state index in [0.29, 0.717) is 26.3 Å². The van der Waals surface area contributed by atoms with Gasteiger partial charge in [-0.05, 0) is 42.7 Å². The van der Waals surface area contributed by atoms with Crippen molar-refractivity contribution in [2.45, 2.75) is 44.3 Å². The third-order valence-corrected chi connectivity index (χ3v) is 6.77. The third-order valence-electron chi connectivity index (χ3n) is 6.77. The summed E-state index contributed by atoms with van der Waals surface area (Å²) in [7, 11) is 0. The molecule has 164 valence electrons. The normalized spacial score (nSPS) is 21.3. The fraction of sp³-hybridized carbons (Fsp3) is 0.520. The number of amides is 1. The standard InChI is InChI=1S/C25H31N3O3/c29-24(28-15-11-25(12-16-28)30-17-18-31-25)21-7-5-20(6-8-21)22-9-10-23(26-19-22)27-13-3-1-2-4-14-27/h5-10,19H,1-4,11-18H2. The molecule has 31 heavy (non-hydrogen) atoms. The van der Waals surface area contributed by atoms with Crippen LogP contribution < -0.4 is 4.90 Å². The number of ether oxygens (including phenoxy) is 2. The van der Waals surface area contributed by atoms with Gasteiger partial charge < -0.3 is 19.3 Å². The molecule has 0 aliphatic carbocycles. The first-order valence-electron chi connectivity index (χ1n) is 11.6. The highest BCUT2D eigenvalue weighted by atomic mass is 16.7. The highest BCUT2D eigenvalue weighted by molar-refractivity contribution is 5.94. The number of piperidine rings is 1. The van der Waals surface area contributed by atoms with Crippen molar-refractivity contribution in [3.05, 3.63) is 48.2 Å². The Morgan fingerprint density at radius 2 is 1.45 bits per heavy atom. The Kier molecular flexibility index (Phi) is 5.92. The van der Waals surface area contributed by atoms with Crippen LogP contribution in [0, 0.1) is 0 Å². The second-order valence-electron chi connectivity index (χ2n) is 8.78. The molecule has 0 unspecified atom stereocenters.